The summed E-state index contributed by atoms with van der Waals surface area (Å²) in [6.07, 6.45) is 4.20. The van der Waals surface area contributed by atoms with Gasteiger partial charge in [0.15, 0.2) is 0 Å². The van der Waals surface area contributed by atoms with E-state index < -0.39 is 0 Å². The Balaban J connectivity index is 2.35. The van der Waals surface area contributed by atoms with Gasteiger partial charge in [0.2, 0.25) is 0 Å². The maximum Gasteiger partial charge on any atom is 0.129 e. The lowest BCUT2D eigenvalue weighted by Crippen LogP contribution is -2.02. The smallest absolute Gasteiger partial charge is 0.129 e. The summed E-state index contributed by atoms with van der Waals surface area (Å²) in [4.78, 5) is 0. The molecule has 0 radical (unpaired) electrons. The molecule has 0 fully saturated rings. The number of benzene rings is 2. The number of unbranched alkanes of at least 4 members (excludes halogenated alkanes) is 2. The van der Waals surface area contributed by atoms with Crippen LogP contribution in [0.25, 0.3) is 11.1 Å². The topological polar surface area (TPSA) is 70.5 Å². The highest BCUT2D eigenvalue weighted by Gasteiger charge is 2.13. The number of rotatable bonds is 9. The molecule has 0 aliphatic rings. The van der Waals surface area contributed by atoms with E-state index in [9.17, 15) is 0 Å². The lowest BCUT2D eigenvalue weighted by molar-refractivity contribution is 0.306. The van der Waals surface area contributed by atoms with Gasteiger partial charge in [0.25, 0.3) is 0 Å². The second-order valence-electron chi connectivity index (χ2n) is 5.92. The predicted octanol–water partition coefficient (Wildman–Crippen LogP) is 4.88. The van der Waals surface area contributed by atoms with Crippen LogP contribution in [0.4, 0.5) is 11.4 Å². The van der Waals surface area contributed by atoms with Crippen molar-refractivity contribution in [2.24, 2.45) is 0 Å². The molecule has 0 aromatic heterocycles. The van der Waals surface area contributed by atoms with Gasteiger partial charge in [-0.05, 0) is 37.1 Å². The van der Waals surface area contributed by atoms with E-state index in [1.54, 1.807) is 0 Å². The lowest BCUT2D eigenvalue weighted by atomic mass is 10.0. The molecule has 0 spiro atoms. The van der Waals surface area contributed by atoms with E-state index in [0.29, 0.717) is 24.6 Å². The lowest BCUT2D eigenvalue weighted by Gasteiger charge is -2.16. The van der Waals surface area contributed by atoms with Crippen molar-refractivity contribution in [3.05, 3.63) is 36.4 Å². The Morgan fingerprint density at radius 3 is 1.50 bits per heavy atom. The SMILES string of the molecule is CCCCOc1cc(N)ccc1-c1ccc(N)cc1OCCCC. The van der Waals surface area contributed by atoms with Crippen LogP contribution < -0.4 is 20.9 Å². The van der Waals surface area contributed by atoms with Gasteiger partial charge in [0.1, 0.15) is 11.5 Å². The van der Waals surface area contributed by atoms with E-state index in [1.807, 2.05) is 36.4 Å². The van der Waals surface area contributed by atoms with E-state index in [1.165, 1.54) is 0 Å². The molecule has 0 unspecified atom stereocenters. The van der Waals surface area contributed by atoms with Crippen LogP contribution in [0.3, 0.4) is 0 Å². The summed E-state index contributed by atoms with van der Waals surface area (Å²) in [5.74, 6) is 1.57. The minimum Gasteiger partial charge on any atom is -0.493 e. The highest BCUT2D eigenvalue weighted by Crippen LogP contribution is 2.38. The first-order chi connectivity index (χ1) is 11.7. The molecule has 2 rings (SSSR count). The third-order valence-corrected chi connectivity index (χ3v) is 3.81. The highest BCUT2D eigenvalue weighted by molar-refractivity contribution is 5.79. The first kappa shape index (κ1) is 18.0. The maximum absolute atomic E-state index is 5.96. The summed E-state index contributed by atoms with van der Waals surface area (Å²) in [6.45, 7) is 5.63. The van der Waals surface area contributed by atoms with Crippen LogP contribution in [0.1, 0.15) is 39.5 Å². The number of anilines is 2. The molecule has 0 heterocycles. The van der Waals surface area contributed by atoms with Crippen molar-refractivity contribution >= 4 is 11.4 Å². The average molecular weight is 328 g/mol. The van der Waals surface area contributed by atoms with E-state index in [0.717, 1.165) is 48.3 Å². The first-order valence-electron chi connectivity index (χ1n) is 8.70. The largest absolute Gasteiger partial charge is 0.493 e. The van der Waals surface area contributed by atoms with E-state index in [-0.39, 0.29) is 0 Å². The van der Waals surface area contributed by atoms with Gasteiger partial charge in [0, 0.05) is 34.6 Å². The Morgan fingerprint density at radius 1 is 0.708 bits per heavy atom. The molecule has 0 saturated carbocycles. The van der Waals surface area contributed by atoms with Crippen LogP contribution in [0.5, 0.6) is 11.5 Å². The van der Waals surface area contributed by atoms with Gasteiger partial charge in [-0.2, -0.15) is 0 Å². The number of nitrogens with two attached hydrogens (primary N) is 2. The third kappa shape index (κ3) is 4.82. The van der Waals surface area contributed by atoms with Crippen LogP contribution in [-0.2, 0) is 0 Å². The molecule has 2 aromatic rings. The van der Waals surface area contributed by atoms with E-state index in [4.69, 9.17) is 20.9 Å². The molecule has 2 aromatic carbocycles. The minimum absolute atomic E-state index is 0.675. The van der Waals surface area contributed by atoms with Crippen LogP contribution in [0.2, 0.25) is 0 Å². The molecular weight excluding hydrogens is 300 g/mol. The molecule has 0 atom stereocenters. The zero-order valence-corrected chi connectivity index (χ0v) is 14.7. The fourth-order valence-corrected chi connectivity index (χ4v) is 2.41. The zero-order chi connectivity index (χ0) is 17.4. The van der Waals surface area contributed by atoms with E-state index in [2.05, 4.69) is 13.8 Å². The molecule has 0 aliphatic carbocycles. The first-order valence-corrected chi connectivity index (χ1v) is 8.70. The fourth-order valence-electron chi connectivity index (χ4n) is 2.41. The van der Waals surface area contributed by atoms with Gasteiger partial charge in [0.05, 0.1) is 13.2 Å². The van der Waals surface area contributed by atoms with Crippen molar-refractivity contribution in [2.75, 3.05) is 24.7 Å². The molecule has 4 heteroatoms. The number of ether oxygens (including phenoxy) is 2. The minimum atomic E-state index is 0.675. The quantitative estimate of drug-likeness (QED) is 0.508. The number of hydrogen-bond donors (Lipinski definition) is 2. The van der Waals surface area contributed by atoms with Crippen molar-refractivity contribution in [1.82, 2.24) is 0 Å². The zero-order valence-electron chi connectivity index (χ0n) is 14.7. The molecule has 0 bridgehead atoms. The second-order valence-corrected chi connectivity index (χ2v) is 5.92. The molecule has 4 nitrogen and oxygen atoms in total. The summed E-state index contributed by atoms with van der Waals surface area (Å²) in [6, 6.07) is 11.5. The van der Waals surface area contributed by atoms with Crippen molar-refractivity contribution in [3.63, 3.8) is 0 Å². The van der Waals surface area contributed by atoms with Crippen molar-refractivity contribution in [2.45, 2.75) is 39.5 Å². The summed E-state index contributed by atoms with van der Waals surface area (Å²) in [7, 11) is 0. The molecule has 24 heavy (non-hydrogen) atoms. The van der Waals surface area contributed by atoms with Crippen molar-refractivity contribution in [1.29, 1.82) is 0 Å². The predicted molar refractivity (Wildman–Crippen MR) is 102 cm³/mol. The van der Waals surface area contributed by atoms with Crippen molar-refractivity contribution in [3.8, 4) is 22.6 Å². The average Bonchev–Trinajstić information content (AvgIpc) is 2.56. The van der Waals surface area contributed by atoms with Crippen LogP contribution in [-0.4, -0.2) is 13.2 Å². The summed E-state index contributed by atoms with van der Waals surface area (Å²) in [5.41, 5.74) is 15.2. The Hall–Kier alpha value is -2.36. The molecule has 0 saturated heterocycles. The van der Waals surface area contributed by atoms with Crippen LogP contribution in [0.15, 0.2) is 36.4 Å². The Morgan fingerprint density at radius 2 is 1.12 bits per heavy atom. The van der Waals surface area contributed by atoms with Gasteiger partial charge in [-0.3, -0.25) is 0 Å². The van der Waals surface area contributed by atoms with Gasteiger partial charge in [-0.25, -0.2) is 0 Å². The molecule has 0 amide bonds. The Labute approximate surface area is 144 Å². The second kappa shape index (κ2) is 9.06. The summed E-state index contributed by atoms with van der Waals surface area (Å²) < 4.78 is 11.9. The van der Waals surface area contributed by atoms with Crippen LogP contribution >= 0.6 is 0 Å². The molecule has 130 valence electrons. The van der Waals surface area contributed by atoms with Gasteiger partial charge in [-0.15, -0.1) is 0 Å². The van der Waals surface area contributed by atoms with Crippen molar-refractivity contribution < 1.29 is 9.47 Å². The number of hydrogen-bond acceptors (Lipinski definition) is 4. The van der Waals surface area contributed by atoms with Crippen LogP contribution in [0, 0.1) is 0 Å². The summed E-state index contributed by atoms with van der Waals surface area (Å²) in [5, 5.41) is 0. The Kier molecular flexibility index (Phi) is 6.79. The third-order valence-electron chi connectivity index (χ3n) is 3.81. The van der Waals surface area contributed by atoms with E-state index >= 15 is 0 Å². The fraction of sp³-hybridized carbons (Fsp3) is 0.400. The summed E-state index contributed by atoms with van der Waals surface area (Å²) >= 11 is 0. The Bertz CT molecular complexity index is 599. The monoisotopic (exact) mass is 328 g/mol. The number of nitrogen functional groups attached to an aromatic ring is 2. The van der Waals surface area contributed by atoms with Gasteiger partial charge in [-0.1, -0.05) is 26.7 Å². The van der Waals surface area contributed by atoms with Gasteiger partial charge < -0.3 is 20.9 Å². The normalized spacial score (nSPS) is 10.6. The molecule has 4 N–H and O–H groups in total. The highest BCUT2D eigenvalue weighted by atomic mass is 16.5. The maximum atomic E-state index is 5.96. The van der Waals surface area contributed by atoms with Gasteiger partial charge >= 0.3 is 0 Å². The molecular formula is C20H28N2O2. The molecule has 0 aliphatic heterocycles. The standard InChI is InChI=1S/C20H28N2O2/c1-3-5-11-23-19-13-15(21)7-9-17(19)18-10-8-16(22)14-20(18)24-12-6-4-2/h7-10,13-14H,3-6,11-12,21-22H2,1-2H3.